The molecule has 2 fully saturated rings. The predicted octanol–water partition coefficient (Wildman–Crippen LogP) is 10.3. The summed E-state index contributed by atoms with van der Waals surface area (Å²) in [6.07, 6.45) is 9.82. The number of carbonyl (C=O) groups is 2. The van der Waals surface area contributed by atoms with Gasteiger partial charge in [0, 0.05) is 48.0 Å². The third-order valence-electron chi connectivity index (χ3n) is 9.77. The van der Waals surface area contributed by atoms with Gasteiger partial charge in [0.05, 0.1) is 23.2 Å². The molecule has 0 unspecified atom stereocenters. The van der Waals surface area contributed by atoms with Gasteiger partial charge in [-0.25, -0.2) is 9.97 Å². The third kappa shape index (κ3) is 8.77. The Morgan fingerprint density at radius 2 is 1.00 bits per heavy atom. The number of halogens is 2. The number of methoxy groups -OCH3 is 2. The molecule has 2 aliphatic rings. The molecule has 2 aromatic heterocycles. The van der Waals surface area contributed by atoms with Gasteiger partial charge in [-0.3, -0.25) is 9.59 Å². The summed E-state index contributed by atoms with van der Waals surface area (Å²) in [5, 5.41) is 3.08. The van der Waals surface area contributed by atoms with E-state index >= 15 is 0 Å². The summed E-state index contributed by atoms with van der Waals surface area (Å²) >= 11 is 12.3. The van der Waals surface area contributed by atoms with E-state index in [1.54, 1.807) is 14.2 Å². The van der Waals surface area contributed by atoms with Crippen LogP contribution in [0.1, 0.15) is 104 Å². The third-order valence-corrected chi connectivity index (χ3v) is 10.4. The lowest BCUT2D eigenvalue weighted by Crippen LogP contribution is -2.25. The van der Waals surface area contributed by atoms with E-state index in [9.17, 15) is 9.59 Å². The molecule has 0 spiro atoms. The van der Waals surface area contributed by atoms with E-state index in [4.69, 9.17) is 32.7 Å². The van der Waals surface area contributed by atoms with Crippen LogP contribution < -0.4 is 0 Å². The van der Waals surface area contributed by atoms with Crippen LogP contribution in [0.25, 0.3) is 21.8 Å². The Labute approximate surface area is 289 Å². The van der Waals surface area contributed by atoms with Gasteiger partial charge in [-0.1, -0.05) is 44.5 Å². The fraction of sp³-hybridized carbons (Fsp3) is 0.487. The van der Waals surface area contributed by atoms with Crippen LogP contribution in [-0.2, 0) is 22.3 Å². The molecule has 0 N–H and O–H groups in total. The number of Topliss-reactive ketones (excluding diaryl/α,β-unsaturated/α-hetero) is 2. The second-order valence-corrected chi connectivity index (χ2v) is 13.3. The quantitative estimate of drug-likeness (QED) is 0.136. The number of benzene rings is 2. The smallest absolute Gasteiger partial charge is 0.165 e. The van der Waals surface area contributed by atoms with Crippen molar-refractivity contribution in [2.45, 2.75) is 97.7 Å². The summed E-state index contributed by atoms with van der Waals surface area (Å²) in [6, 6.07) is 15.6. The van der Waals surface area contributed by atoms with Crippen molar-refractivity contribution in [1.29, 1.82) is 0 Å². The summed E-state index contributed by atoms with van der Waals surface area (Å²) in [7, 11) is 3.50. The zero-order valence-electron chi connectivity index (χ0n) is 27.3. The molecule has 0 amide bonds. The summed E-state index contributed by atoms with van der Waals surface area (Å²) in [5.74, 6) is 0.721. The maximum absolute atomic E-state index is 12.8. The Hall–Kier alpha value is -2.90. The highest BCUT2D eigenvalue weighted by atomic mass is 35.5. The zero-order chi connectivity index (χ0) is 32.8. The fourth-order valence-electron chi connectivity index (χ4n) is 6.79. The lowest BCUT2D eigenvalue weighted by Gasteiger charge is -2.26. The molecule has 0 atom stereocenters. The molecule has 2 aliphatic carbocycles. The van der Waals surface area contributed by atoms with E-state index in [2.05, 4.69) is 23.8 Å². The van der Waals surface area contributed by atoms with Gasteiger partial charge in [0.2, 0.25) is 0 Å². The van der Waals surface area contributed by atoms with Crippen molar-refractivity contribution in [2.75, 3.05) is 14.2 Å². The summed E-state index contributed by atoms with van der Waals surface area (Å²) in [5.41, 5.74) is 5.28. The van der Waals surface area contributed by atoms with Crippen LogP contribution in [0, 0.1) is 11.8 Å². The van der Waals surface area contributed by atoms with Crippen molar-refractivity contribution < 1.29 is 19.1 Å². The van der Waals surface area contributed by atoms with Crippen molar-refractivity contribution >= 4 is 56.6 Å². The van der Waals surface area contributed by atoms with E-state index in [-0.39, 0.29) is 30.8 Å². The molecule has 2 aromatic carbocycles. The Morgan fingerprint density at radius 1 is 0.638 bits per heavy atom. The first-order valence-corrected chi connectivity index (χ1v) is 17.3. The summed E-state index contributed by atoms with van der Waals surface area (Å²) in [4.78, 5) is 34.4. The molecular formula is C39H48Cl2N2O4. The fourth-order valence-corrected chi connectivity index (χ4v) is 7.35. The molecule has 8 heteroatoms. The van der Waals surface area contributed by atoms with Crippen LogP contribution in [-0.4, -0.2) is 48.0 Å². The van der Waals surface area contributed by atoms with Crippen LogP contribution in [0.15, 0.2) is 48.5 Å². The number of ether oxygens (including phenoxy) is 2. The predicted molar refractivity (Wildman–Crippen MR) is 193 cm³/mol. The molecule has 0 aliphatic heterocycles. The summed E-state index contributed by atoms with van der Waals surface area (Å²) in [6.45, 7) is 4.11. The van der Waals surface area contributed by atoms with Gasteiger partial charge >= 0.3 is 0 Å². The van der Waals surface area contributed by atoms with Crippen LogP contribution in [0.4, 0.5) is 0 Å². The highest BCUT2D eigenvalue weighted by Gasteiger charge is 2.28. The molecule has 0 saturated heterocycles. The monoisotopic (exact) mass is 678 g/mol. The molecule has 47 heavy (non-hydrogen) atoms. The second-order valence-electron chi connectivity index (χ2n) is 12.5. The number of pyridine rings is 2. The van der Waals surface area contributed by atoms with Gasteiger partial charge < -0.3 is 9.47 Å². The van der Waals surface area contributed by atoms with E-state index < -0.39 is 0 Å². The lowest BCUT2D eigenvalue weighted by atomic mass is 9.82. The molecular weight excluding hydrogens is 631 g/mol. The molecule has 0 radical (unpaired) electrons. The first-order chi connectivity index (χ1) is 22.2. The van der Waals surface area contributed by atoms with Crippen molar-refractivity contribution in [2.24, 2.45) is 11.8 Å². The van der Waals surface area contributed by atoms with Crippen molar-refractivity contribution in [3.05, 3.63) is 81.1 Å². The van der Waals surface area contributed by atoms with E-state index in [1.165, 1.54) is 0 Å². The number of hydrogen-bond acceptors (Lipinski definition) is 6. The maximum Gasteiger partial charge on any atom is 0.165 e. The summed E-state index contributed by atoms with van der Waals surface area (Å²) < 4.78 is 10.8. The van der Waals surface area contributed by atoms with Crippen LogP contribution in [0.3, 0.4) is 0 Å². The molecule has 6 rings (SSSR count). The Morgan fingerprint density at radius 3 is 1.32 bits per heavy atom. The number of hydrogen-bond donors (Lipinski definition) is 0. The number of rotatable bonds is 8. The second kappa shape index (κ2) is 17.0. The number of nitrogens with zero attached hydrogens (tertiary/aromatic N) is 2. The molecule has 6 nitrogen and oxygen atoms in total. The highest BCUT2D eigenvalue weighted by Crippen LogP contribution is 2.32. The molecule has 2 heterocycles. The standard InChI is InChI=1S/2C19H22ClNO2.CH4/c2*1-3-12-10-15-11-14(6-9-17(15)21-19(12)20)18(22)13-4-7-16(23-2)8-5-13;/h2*6,9-11,13,16H,3-5,7-8H2,1-2H3;1H4. The molecule has 2 saturated carbocycles. The highest BCUT2D eigenvalue weighted by molar-refractivity contribution is 6.31. The van der Waals surface area contributed by atoms with Gasteiger partial charge in [-0.2, -0.15) is 0 Å². The normalized spacial score (nSPS) is 21.1. The van der Waals surface area contributed by atoms with Crippen molar-refractivity contribution in [3.63, 3.8) is 0 Å². The Kier molecular flexibility index (Phi) is 13.3. The SMILES string of the molecule is C.CCc1cc2cc(C(=O)C3CCC(OC)CC3)ccc2nc1Cl.CCc1cc2cc(C(=O)C3CCC(OC)CC3)ccc2nc1Cl. The van der Waals surface area contributed by atoms with E-state index in [0.29, 0.717) is 22.5 Å². The minimum Gasteiger partial charge on any atom is -0.381 e. The van der Waals surface area contributed by atoms with Crippen LogP contribution >= 0.6 is 23.2 Å². The maximum atomic E-state index is 12.8. The van der Waals surface area contributed by atoms with Gasteiger partial charge in [0.1, 0.15) is 10.3 Å². The Bertz CT molecular complexity index is 1570. The average molecular weight is 680 g/mol. The van der Waals surface area contributed by atoms with Gasteiger partial charge in [0.25, 0.3) is 0 Å². The van der Waals surface area contributed by atoms with Gasteiger partial charge in [0.15, 0.2) is 11.6 Å². The number of aromatic nitrogens is 2. The minimum absolute atomic E-state index is 0. The van der Waals surface area contributed by atoms with E-state index in [1.807, 2.05) is 48.5 Å². The van der Waals surface area contributed by atoms with E-state index in [0.717, 1.165) is 108 Å². The molecule has 0 bridgehead atoms. The molecule has 252 valence electrons. The average Bonchev–Trinajstić information content (AvgIpc) is 3.10. The number of aryl methyl sites for hydroxylation is 2. The number of ketones is 2. The van der Waals surface area contributed by atoms with Crippen molar-refractivity contribution in [3.8, 4) is 0 Å². The minimum atomic E-state index is 0. The van der Waals surface area contributed by atoms with Gasteiger partial charge in [-0.05, 0) is 124 Å². The van der Waals surface area contributed by atoms with Crippen LogP contribution in [0.5, 0.6) is 0 Å². The lowest BCUT2D eigenvalue weighted by molar-refractivity contribution is 0.0515. The zero-order valence-corrected chi connectivity index (χ0v) is 28.8. The number of fused-ring (bicyclic) bond motifs is 2. The van der Waals surface area contributed by atoms with Crippen LogP contribution in [0.2, 0.25) is 10.3 Å². The molecule has 4 aromatic rings. The first-order valence-electron chi connectivity index (χ1n) is 16.6. The topological polar surface area (TPSA) is 78.4 Å². The Balaban J connectivity index is 0.000000208. The first kappa shape index (κ1) is 36.9. The van der Waals surface area contributed by atoms with Gasteiger partial charge in [-0.15, -0.1) is 0 Å². The number of carbonyl (C=O) groups excluding carboxylic acids is 2. The largest absolute Gasteiger partial charge is 0.381 e. The van der Waals surface area contributed by atoms with Crippen molar-refractivity contribution in [1.82, 2.24) is 9.97 Å².